The Morgan fingerprint density at radius 2 is 2.05 bits per heavy atom. The van der Waals surface area contributed by atoms with E-state index in [-0.39, 0.29) is 5.75 Å². The molecule has 0 atom stereocenters. The van der Waals surface area contributed by atoms with Gasteiger partial charge in [0.05, 0.1) is 18.6 Å². The van der Waals surface area contributed by atoms with Crippen LogP contribution in [0.3, 0.4) is 0 Å². The van der Waals surface area contributed by atoms with Crippen molar-refractivity contribution < 1.29 is 8.42 Å². The third-order valence-electron chi connectivity index (χ3n) is 3.02. The summed E-state index contributed by atoms with van der Waals surface area (Å²) in [6, 6.07) is 7.52. The first-order valence-electron chi connectivity index (χ1n) is 5.95. The van der Waals surface area contributed by atoms with Gasteiger partial charge in [0.15, 0.2) is 0 Å². The SMILES string of the molecule is Cc1ccccc1CS(=O)(=O)N(C)Cc1cnc[nH]1. The van der Waals surface area contributed by atoms with Crippen molar-refractivity contribution in [3.63, 3.8) is 0 Å². The van der Waals surface area contributed by atoms with Gasteiger partial charge in [-0.05, 0) is 18.1 Å². The van der Waals surface area contributed by atoms with Gasteiger partial charge in [0.25, 0.3) is 0 Å². The van der Waals surface area contributed by atoms with Gasteiger partial charge in [0.1, 0.15) is 0 Å². The van der Waals surface area contributed by atoms with Gasteiger partial charge in [-0.15, -0.1) is 0 Å². The molecule has 1 aromatic carbocycles. The lowest BCUT2D eigenvalue weighted by Crippen LogP contribution is -2.28. The van der Waals surface area contributed by atoms with E-state index in [4.69, 9.17) is 0 Å². The number of hydrogen-bond donors (Lipinski definition) is 1. The first kappa shape index (κ1) is 13.8. The van der Waals surface area contributed by atoms with Crippen LogP contribution in [0.1, 0.15) is 16.8 Å². The molecule has 0 unspecified atom stereocenters. The molecule has 1 aromatic heterocycles. The van der Waals surface area contributed by atoms with Crippen molar-refractivity contribution in [2.75, 3.05) is 7.05 Å². The van der Waals surface area contributed by atoms with Crippen molar-refractivity contribution in [3.8, 4) is 0 Å². The fourth-order valence-corrected chi connectivity index (χ4v) is 3.06. The number of aromatic amines is 1. The van der Waals surface area contributed by atoms with E-state index < -0.39 is 10.0 Å². The number of imidazole rings is 1. The number of rotatable bonds is 5. The Morgan fingerprint density at radius 3 is 2.68 bits per heavy atom. The Bertz CT molecular complexity index is 636. The Kier molecular flexibility index (Phi) is 4.01. The standard InChI is InChI=1S/C13H17N3O2S/c1-11-5-3-4-6-12(11)9-19(17,18)16(2)8-13-7-14-10-15-13/h3-7,10H,8-9H2,1-2H3,(H,14,15). The maximum Gasteiger partial charge on any atom is 0.218 e. The molecule has 102 valence electrons. The van der Waals surface area contributed by atoms with Crippen molar-refractivity contribution in [2.45, 2.75) is 19.2 Å². The summed E-state index contributed by atoms with van der Waals surface area (Å²) in [5.41, 5.74) is 2.59. The quantitative estimate of drug-likeness (QED) is 0.905. The van der Waals surface area contributed by atoms with Gasteiger partial charge in [-0.3, -0.25) is 0 Å². The summed E-state index contributed by atoms with van der Waals surface area (Å²) in [6.45, 7) is 2.22. The molecule has 0 aliphatic carbocycles. The van der Waals surface area contributed by atoms with Crippen LogP contribution < -0.4 is 0 Å². The van der Waals surface area contributed by atoms with Gasteiger partial charge in [0, 0.05) is 18.9 Å². The van der Waals surface area contributed by atoms with Gasteiger partial charge in [-0.1, -0.05) is 24.3 Å². The molecule has 6 heteroatoms. The summed E-state index contributed by atoms with van der Waals surface area (Å²) >= 11 is 0. The summed E-state index contributed by atoms with van der Waals surface area (Å²) in [7, 11) is -1.75. The molecule has 0 aliphatic heterocycles. The minimum Gasteiger partial charge on any atom is -0.347 e. The van der Waals surface area contributed by atoms with E-state index in [0.717, 1.165) is 16.8 Å². The summed E-state index contributed by atoms with van der Waals surface area (Å²) < 4.78 is 25.9. The molecular formula is C13H17N3O2S. The number of hydrogen-bond acceptors (Lipinski definition) is 3. The number of H-pyrrole nitrogens is 1. The first-order valence-corrected chi connectivity index (χ1v) is 7.56. The largest absolute Gasteiger partial charge is 0.347 e. The lowest BCUT2D eigenvalue weighted by atomic mass is 10.1. The Morgan fingerprint density at radius 1 is 1.32 bits per heavy atom. The molecule has 0 bridgehead atoms. The second-order valence-corrected chi connectivity index (χ2v) is 6.59. The van der Waals surface area contributed by atoms with E-state index in [1.165, 1.54) is 10.6 Å². The van der Waals surface area contributed by atoms with Crippen LogP contribution in [0.25, 0.3) is 0 Å². The average Bonchev–Trinajstić information content (AvgIpc) is 2.84. The van der Waals surface area contributed by atoms with Crippen molar-refractivity contribution in [1.29, 1.82) is 0 Å². The van der Waals surface area contributed by atoms with Gasteiger partial charge < -0.3 is 4.98 Å². The second kappa shape index (κ2) is 5.54. The van der Waals surface area contributed by atoms with Crippen molar-refractivity contribution >= 4 is 10.0 Å². The molecule has 19 heavy (non-hydrogen) atoms. The Balaban J connectivity index is 2.12. The number of sulfonamides is 1. The molecule has 0 fully saturated rings. The van der Waals surface area contributed by atoms with E-state index in [2.05, 4.69) is 9.97 Å². The van der Waals surface area contributed by atoms with Crippen LogP contribution in [0, 0.1) is 6.92 Å². The zero-order chi connectivity index (χ0) is 13.9. The highest BCUT2D eigenvalue weighted by Gasteiger charge is 2.19. The van der Waals surface area contributed by atoms with Crippen LogP contribution in [-0.4, -0.2) is 29.7 Å². The molecule has 2 rings (SSSR count). The van der Waals surface area contributed by atoms with Gasteiger partial charge in [-0.25, -0.2) is 13.4 Å². The van der Waals surface area contributed by atoms with Gasteiger partial charge in [0.2, 0.25) is 10.0 Å². The maximum absolute atomic E-state index is 12.3. The van der Waals surface area contributed by atoms with Crippen molar-refractivity contribution in [2.24, 2.45) is 0 Å². The van der Waals surface area contributed by atoms with Gasteiger partial charge in [-0.2, -0.15) is 4.31 Å². The number of aryl methyl sites for hydroxylation is 1. The monoisotopic (exact) mass is 279 g/mol. The lowest BCUT2D eigenvalue weighted by Gasteiger charge is -2.17. The Hall–Kier alpha value is -1.66. The fraction of sp³-hybridized carbons (Fsp3) is 0.308. The highest BCUT2D eigenvalue weighted by molar-refractivity contribution is 7.88. The van der Waals surface area contributed by atoms with Crippen LogP contribution in [0.15, 0.2) is 36.8 Å². The summed E-state index contributed by atoms with van der Waals surface area (Å²) in [5, 5.41) is 0. The second-order valence-electron chi connectivity index (χ2n) is 4.52. The number of aromatic nitrogens is 2. The zero-order valence-electron chi connectivity index (χ0n) is 11.0. The summed E-state index contributed by atoms with van der Waals surface area (Å²) in [5.74, 6) is 0.0182. The first-order chi connectivity index (χ1) is 8.99. The van der Waals surface area contributed by atoms with Crippen LogP contribution in [0.5, 0.6) is 0 Å². The van der Waals surface area contributed by atoms with Crippen molar-refractivity contribution in [3.05, 3.63) is 53.6 Å². The zero-order valence-corrected chi connectivity index (χ0v) is 11.8. The maximum atomic E-state index is 12.3. The molecule has 1 N–H and O–H groups in total. The fourth-order valence-electron chi connectivity index (χ4n) is 1.79. The van der Waals surface area contributed by atoms with Crippen LogP contribution in [0.4, 0.5) is 0 Å². The Labute approximate surface area is 113 Å². The molecule has 0 aliphatic rings. The third kappa shape index (κ3) is 3.42. The predicted octanol–water partition coefficient (Wildman–Crippen LogP) is 1.68. The summed E-state index contributed by atoms with van der Waals surface area (Å²) in [4.78, 5) is 6.78. The van der Waals surface area contributed by atoms with Crippen molar-refractivity contribution in [1.82, 2.24) is 14.3 Å². The minimum atomic E-state index is -3.33. The molecule has 0 saturated carbocycles. The number of benzene rings is 1. The highest BCUT2D eigenvalue weighted by Crippen LogP contribution is 2.14. The van der Waals surface area contributed by atoms with Crippen LogP contribution in [-0.2, 0) is 22.3 Å². The molecule has 0 amide bonds. The molecular weight excluding hydrogens is 262 g/mol. The molecule has 5 nitrogen and oxygen atoms in total. The van der Waals surface area contributed by atoms with E-state index in [0.29, 0.717) is 6.54 Å². The highest BCUT2D eigenvalue weighted by atomic mass is 32.2. The molecule has 0 saturated heterocycles. The van der Waals surface area contributed by atoms with Crippen LogP contribution in [0.2, 0.25) is 0 Å². The van der Waals surface area contributed by atoms with E-state index >= 15 is 0 Å². The number of nitrogens with one attached hydrogen (secondary N) is 1. The molecule has 0 spiro atoms. The summed E-state index contributed by atoms with van der Waals surface area (Å²) in [6.07, 6.45) is 3.16. The molecule has 2 aromatic rings. The number of nitrogens with zero attached hydrogens (tertiary/aromatic N) is 2. The average molecular weight is 279 g/mol. The predicted molar refractivity (Wildman–Crippen MR) is 73.9 cm³/mol. The van der Waals surface area contributed by atoms with E-state index in [1.807, 2.05) is 31.2 Å². The normalized spacial score (nSPS) is 11.9. The third-order valence-corrected chi connectivity index (χ3v) is 4.78. The smallest absolute Gasteiger partial charge is 0.218 e. The van der Waals surface area contributed by atoms with E-state index in [9.17, 15) is 8.42 Å². The van der Waals surface area contributed by atoms with Gasteiger partial charge >= 0.3 is 0 Å². The topological polar surface area (TPSA) is 66.1 Å². The molecule has 1 heterocycles. The molecule has 0 radical (unpaired) electrons. The van der Waals surface area contributed by atoms with E-state index in [1.54, 1.807) is 13.2 Å². The van der Waals surface area contributed by atoms with Crippen LogP contribution >= 0.6 is 0 Å². The lowest BCUT2D eigenvalue weighted by molar-refractivity contribution is 0.462. The minimum absolute atomic E-state index is 0.0182.